The summed E-state index contributed by atoms with van der Waals surface area (Å²) >= 11 is 0. The van der Waals surface area contributed by atoms with Crippen molar-refractivity contribution < 1.29 is 0 Å². The van der Waals surface area contributed by atoms with Crippen LogP contribution in [0.15, 0.2) is 23.1 Å². The molecule has 4 nitrogen and oxygen atoms in total. The molecule has 2 aromatic heterocycles. The average Bonchev–Trinajstić information content (AvgIpc) is 2.16. The Morgan fingerprint density at radius 3 is 2.73 bits per heavy atom. The van der Waals surface area contributed by atoms with Crippen molar-refractivity contribution in [3.8, 4) is 0 Å². The maximum absolute atomic E-state index is 11.7. The fraction of sp³-hybridized carbons (Fsp3) is 0.364. The molecule has 4 heteroatoms. The number of hydrogen-bond donors (Lipinski definition) is 1. The summed E-state index contributed by atoms with van der Waals surface area (Å²) in [4.78, 5) is 22.9. The van der Waals surface area contributed by atoms with E-state index in [1.165, 1.54) is 0 Å². The average molecular weight is 203 g/mol. The molecular weight excluding hydrogens is 190 g/mol. The predicted molar refractivity (Wildman–Crippen MR) is 58.9 cm³/mol. The molecule has 0 saturated heterocycles. The molecule has 0 aromatic carbocycles. The normalized spacial score (nSPS) is 11.9. The van der Waals surface area contributed by atoms with Crippen LogP contribution in [0.4, 0.5) is 0 Å². The molecule has 1 N–H and O–H groups in total. The molecule has 78 valence electrons. The first-order valence-corrected chi connectivity index (χ1v) is 4.84. The van der Waals surface area contributed by atoms with Gasteiger partial charge in [-0.05, 0) is 12.1 Å². The lowest BCUT2D eigenvalue weighted by atomic mass is 9.96. The highest BCUT2D eigenvalue weighted by Crippen LogP contribution is 2.17. The summed E-state index contributed by atoms with van der Waals surface area (Å²) in [5.41, 5.74) is 0.203. The van der Waals surface area contributed by atoms with E-state index in [9.17, 15) is 4.79 Å². The van der Waals surface area contributed by atoms with E-state index in [4.69, 9.17) is 0 Å². The van der Waals surface area contributed by atoms with E-state index in [-0.39, 0.29) is 11.0 Å². The molecule has 2 heterocycles. The first-order valence-electron chi connectivity index (χ1n) is 4.84. The SMILES string of the molecule is CC(C)(C)c1nc2ncccc2c(=O)[nH]1. The second-order valence-corrected chi connectivity index (χ2v) is 4.54. The summed E-state index contributed by atoms with van der Waals surface area (Å²) in [5, 5.41) is 0.533. The van der Waals surface area contributed by atoms with Crippen molar-refractivity contribution in [2.75, 3.05) is 0 Å². The zero-order valence-corrected chi connectivity index (χ0v) is 9.03. The second-order valence-electron chi connectivity index (χ2n) is 4.54. The fourth-order valence-corrected chi connectivity index (χ4v) is 1.33. The van der Waals surface area contributed by atoms with Crippen molar-refractivity contribution in [2.45, 2.75) is 26.2 Å². The molecule has 0 aliphatic heterocycles. The Morgan fingerprint density at radius 2 is 2.07 bits per heavy atom. The number of fused-ring (bicyclic) bond motifs is 1. The van der Waals surface area contributed by atoms with Gasteiger partial charge in [-0.2, -0.15) is 0 Å². The maximum Gasteiger partial charge on any atom is 0.260 e. The molecule has 2 rings (SSSR count). The molecule has 0 amide bonds. The van der Waals surface area contributed by atoms with Crippen LogP contribution in [0.3, 0.4) is 0 Å². The summed E-state index contributed by atoms with van der Waals surface area (Å²) in [6.07, 6.45) is 1.64. The zero-order chi connectivity index (χ0) is 11.1. The van der Waals surface area contributed by atoms with Crippen LogP contribution in [0.2, 0.25) is 0 Å². The largest absolute Gasteiger partial charge is 0.309 e. The van der Waals surface area contributed by atoms with Crippen LogP contribution in [-0.2, 0) is 5.41 Å². The van der Waals surface area contributed by atoms with Gasteiger partial charge in [0.25, 0.3) is 5.56 Å². The number of aromatic amines is 1. The summed E-state index contributed by atoms with van der Waals surface area (Å²) in [6.45, 7) is 6.00. The molecule has 0 atom stereocenters. The van der Waals surface area contributed by atoms with Crippen LogP contribution in [-0.4, -0.2) is 15.0 Å². The Kier molecular flexibility index (Phi) is 2.07. The second kappa shape index (κ2) is 3.15. The van der Waals surface area contributed by atoms with Gasteiger partial charge in [-0.1, -0.05) is 20.8 Å². The molecule has 0 unspecified atom stereocenters. The molecule has 0 radical (unpaired) electrons. The molecule has 2 aromatic rings. The van der Waals surface area contributed by atoms with Gasteiger partial charge < -0.3 is 4.98 Å². The van der Waals surface area contributed by atoms with Crippen LogP contribution in [0.5, 0.6) is 0 Å². The third-order valence-electron chi connectivity index (χ3n) is 2.19. The highest BCUT2D eigenvalue weighted by molar-refractivity contribution is 5.72. The number of pyridine rings is 1. The minimum Gasteiger partial charge on any atom is -0.309 e. The minimum atomic E-state index is -0.176. The lowest BCUT2D eigenvalue weighted by molar-refractivity contribution is 0.545. The van der Waals surface area contributed by atoms with E-state index in [1.807, 2.05) is 20.8 Å². The molecule has 0 aliphatic carbocycles. The third kappa shape index (κ3) is 1.75. The van der Waals surface area contributed by atoms with Gasteiger partial charge in [0, 0.05) is 11.6 Å². The van der Waals surface area contributed by atoms with E-state index in [1.54, 1.807) is 18.3 Å². The van der Waals surface area contributed by atoms with Crippen molar-refractivity contribution in [1.82, 2.24) is 15.0 Å². The van der Waals surface area contributed by atoms with Crippen LogP contribution >= 0.6 is 0 Å². The number of nitrogens with one attached hydrogen (secondary N) is 1. The van der Waals surface area contributed by atoms with Crippen molar-refractivity contribution in [1.29, 1.82) is 0 Å². The standard InChI is InChI=1S/C11H13N3O/c1-11(2,3)10-13-8-7(9(15)14-10)5-4-6-12-8/h4-6H,1-3H3,(H,12,13,14,15). The van der Waals surface area contributed by atoms with E-state index < -0.39 is 0 Å². The van der Waals surface area contributed by atoms with Crippen molar-refractivity contribution in [2.24, 2.45) is 0 Å². The molecule has 0 spiro atoms. The predicted octanol–water partition coefficient (Wildman–Crippen LogP) is 1.62. The zero-order valence-electron chi connectivity index (χ0n) is 9.03. The number of hydrogen-bond acceptors (Lipinski definition) is 3. The number of rotatable bonds is 0. The minimum absolute atomic E-state index is 0.127. The smallest absolute Gasteiger partial charge is 0.260 e. The summed E-state index contributed by atoms with van der Waals surface area (Å²) < 4.78 is 0. The Hall–Kier alpha value is -1.71. The van der Waals surface area contributed by atoms with Gasteiger partial charge in [0.1, 0.15) is 5.82 Å². The fourth-order valence-electron chi connectivity index (χ4n) is 1.33. The van der Waals surface area contributed by atoms with Crippen molar-refractivity contribution in [3.05, 3.63) is 34.5 Å². The van der Waals surface area contributed by atoms with Crippen molar-refractivity contribution in [3.63, 3.8) is 0 Å². The third-order valence-corrected chi connectivity index (χ3v) is 2.19. The van der Waals surface area contributed by atoms with Gasteiger partial charge >= 0.3 is 0 Å². The molecule has 0 fully saturated rings. The van der Waals surface area contributed by atoms with Gasteiger partial charge in [0.15, 0.2) is 5.65 Å². The maximum atomic E-state index is 11.7. The Morgan fingerprint density at radius 1 is 1.33 bits per heavy atom. The summed E-state index contributed by atoms with van der Waals surface area (Å²) in [7, 11) is 0. The Bertz CT molecular complexity index is 551. The van der Waals surface area contributed by atoms with Gasteiger partial charge in [0.2, 0.25) is 0 Å². The number of nitrogens with zero attached hydrogens (tertiary/aromatic N) is 2. The number of H-pyrrole nitrogens is 1. The highest BCUT2D eigenvalue weighted by Gasteiger charge is 2.17. The Labute approximate surface area is 87.4 Å². The van der Waals surface area contributed by atoms with Crippen LogP contribution in [0, 0.1) is 0 Å². The first-order chi connectivity index (χ1) is 6.98. The van der Waals surface area contributed by atoms with E-state index in [2.05, 4.69) is 15.0 Å². The van der Waals surface area contributed by atoms with E-state index in [0.29, 0.717) is 16.9 Å². The molecule has 0 bridgehead atoms. The quantitative estimate of drug-likeness (QED) is 0.707. The first kappa shape index (κ1) is 9.83. The molecule has 15 heavy (non-hydrogen) atoms. The lowest BCUT2D eigenvalue weighted by Crippen LogP contribution is -2.22. The summed E-state index contributed by atoms with van der Waals surface area (Å²) in [6, 6.07) is 3.45. The van der Waals surface area contributed by atoms with Gasteiger partial charge in [0.05, 0.1) is 5.39 Å². The highest BCUT2D eigenvalue weighted by atomic mass is 16.1. The topological polar surface area (TPSA) is 58.6 Å². The van der Waals surface area contributed by atoms with Crippen LogP contribution in [0.25, 0.3) is 11.0 Å². The molecular formula is C11H13N3O. The van der Waals surface area contributed by atoms with Crippen LogP contribution < -0.4 is 5.56 Å². The Balaban J connectivity index is 2.79. The molecule has 0 aliphatic rings. The van der Waals surface area contributed by atoms with Gasteiger partial charge in [-0.25, -0.2) is 9.97 Å². The van der Waals surface area contributed by atoms with E-state index >= 15 is 0 Å². The molecule has 0 saturated carbocycles. The number of aromatic nitrogens is 3. The van der Waals surface area contributed by atoms with Gasteiger partial charge in [-0.3, -0.25) is 4.79 Å². The van der Waals surface area contributed by atoms with Gasteiger partial charge in [-0.15, -0.1) is 0 Å². The summed E-state index contributed by atoms with van der Waals surface area (Å²) in [5.74, 6) is 0.665. The van der Waals surface area contributed by atoms with Crippen molar-refractivity contribution >= 4 is 11.0 Å². The van der Waals surface area contributed by atoms with Crippen LogP contribution in [0.1, 0.15) is 26.6 Å². The monoisotopic (exact) mass is 203 g/mol. The van der Waals surface area contributed by atoms with E-state index in [0.717, 1.165) is 0 Å². The lowest BCUT2D eigenvalue weighted by Gasteiger charge is -2.16.